The van der Waals surface area contributed by atoms with Crippen LogP contribution in [0.1, 0.15) is 51.6 Å². The summed E-state index contributed by atoms with van der Waals surface area (Å²) in [7, 11) is 4.03. The van der Waals surface area contributed by atoms with Gasteiger partial charge in [-0.15, -0.1) is 0 Å². The third-order valence-corrected chi connectivity index (χ3v) is 4.78. The maximum atomic E-state index is 12.5. The van der Waals surface area contributed by atoms with Gasteiger partial charge >= 0.3 is 6.03 Å². The Bertz CT molecular complexity index is 635. The highest BCUT2D eigenvalue weighted by Crippen LogP contribution is 2.24. The van der Waals surface area contributed by atoms with Crippen LogP contribution < -0.4 is 15.5 Å². The minimum absolute atomic E-state index is 0.112. The van der Waals surface area contributed by atoms with Crippen molar-refractivity contribution in [3.8, 4) is 0 Å². The summed E-state index contributed by atoms with van der Waals surface area (Å²) < 4.78 is 0. The van der Waals surface area contributed by atoms with Crippen LogP contribution in [0.15, 0.2) is 24.3 Å². The molecule has 2 rings (SSSR count). The summed E-state index contributed by atoms with van der Waals surface area (Å²) in [4.78, 5) is 28.4. The van der Waals surface area contributed by atoms with Crippen LogP contribution in [0.25, 0.3) is 0 Å². The third-order valence-electron chi connectivity index (χ3n) is 4.78. The van der Waals surface area contributed by atoms with E-state index in [-0.39, 0.29) is 24.0 Å². The number of benzene rings is 1. The van der Waals surface area contributed by atoms with Crippen molar-refractivity contribution in [3.05, 3.63) is 29.8 Å². The molecule has 1 fully saturated rings. The first kappa shape index (κ1) is 21.2. The number of nitrogens with one attached hydrogen (secondary N) is 2. The van der Waals surface area contributed by atoms with E-state index < -0.39 is 0 Å². The van der Waals surface area contributed by atoms with Crippen LogP contribution in [0.2, 0.25) is 0 Å². The van der Waals surface area contributed by atoms with Crippen molar-refractivity contribution in [2.75, 3.05) is 32.1 Å². The number of amides is 3. The van der Waals surface area contributed by atoms with Crippen LogP contribution in [0, 0.1) is 5.92 Å². The van der Waals surface area contributed by atoms with Gasteiger partial charge in [0.2, 0.25) is 5.91 Å². The summed E-state index contributed by atoms with van der Waals surface area (Å²) in [5.41, 5.74) is 1.91. The minimum atomic E-state index is -0.155. The Labute approximate surface area is 163 Å². The number of nitrogens with zero attached hydrogens (tertiary/aromatic N) is 2. The molecule has 27 heavy (non-hydrogen) atoms. The molecule has 2 N–H and O–H groups in total. The Morgan fingerprint density at radius 1 is 1.22 bits per heavy atom. The van der Waals surface area contributed by atoms with Crippen molar-refractivity contribution >= 4 is 17.6 Å². The van der Waals surface area contributed by atoms with E-state index in [1.165, 1.54) is 0 Å². The van der Waals surface area contributed by atoms with E-state index in [9.17, 15) is 9.59 Å². The van der Waals surface area contributed by atoms with E-state index in [0.29, 0.717) is 12.3 Å². The standard InChI is InChI=1S/C21H34N4O2/c1-15(2)12-18(14-24(4)5)23-21(27)22-16(3)17-8-6-9-19(13-17)25-11-7-10-20(25)26/h6,8-9,13,15-16,18H,7,10-12,14H2,1-5H3,(H2,22,23,27). The van der Waals surface area contributed by atoms with Crippen LogP contribution in [0.5, 0.6) is 0 Å². The monoisotopic (exact) mass is 374 g/mol. The molecule has 6 nitrogen and oxygen atoms in total. The van der Waals surface area contributed by atoms with Crippen LogP contribution in [0.4, 0.5) is 10.5 Å². The Balaban J connectivity index is 1.98. The van der Waals surface area contributed by atoms with Gasteiger partial charge in [0.25, 0.3) is 0 Å². The molecule has 2 unspecified atom stereocenters. The van der Waals surface area contributed by atoms with Crippen molar-refractivity contribution in [2.24, 2.45) is 5.92 Å². The van der Waals surface area contributed by atoms with Gasteiger partial charge in [-0.25, -0.2) is 4.79 Å². The average molecular weight is 375 g/mol. The highest BCUT2D eigenvalue weighted by Gasteiger charge is 2.22. The number of hydrogen-bond acceptors (Lipinski definition) is 3. The maximum absolute atomic E-state index is 12.5. The van der Waals surface area contributed by atoms with E-state index in [1.54, 1.807) is 0 Å². The predicted octanol–water partition coefficient (Wildman–Crippen LogP) is 3.15. The summed E-state index contributed by atoms with van der Waals surface area (Å²) in [6.07, 6.45) is 2.46. The molecule has 0 aliphatic carbocycles. The van der Waals surface area contributed by atoms with Crippen molar-refractivity contribution in [1.29, 1.82) is 0 Å². The van der Waals surface area contributed by atoms with E-state index in [0.717, 1.165) is 37.2 Å². The lowest BCUT2D eigenvalue weighted by molar-refractivity contribution is -0.117. The normalized spacial score (nSPS) is 16.7. The molecule has 1 aromatic rings. The van der Waals surface area contributed by atoms with E-state index in [4.69, 9.17) is 0 Å². The second-order valence-electron chi connectivity index (χ2n) is 8.17. The van der Waals surface area contributed by atoms with E-state index in [1.807, 2.05) is 50.2 Å². The molecule has 6 heteroatoms. The second kappa shape index (κ2) is 9.74. The topological polar surface area (TPSA) is 64.7 Å². The number of hydrogen-bond donors (Lipinski definition) is 2. The lowest BCUT2D eigenvalue weighted by Gasteiger charge is -2.25. The molecule has 1 aliphatic heterocycles. The first-order valence-corrected chi connectivity index (χ1v) is 9.88. The molecule has 2 atom stereocenters. The molecule has 0 spiro atoms. The first-order chi connectivity index (χ1) is 12.8. The Morgan fingerprint density at radius 2 is 1.96 bits per heavy atom. The highest BCUT2D eigenvalue weighted by atomic mass is 16.2. The second-order valence-corrected chi connectivity index (χ2v) is 8.17. The number of urea groups is 1. The maximum Gasteiger partial charge on any atom is 0.315 e. The Hall–Kier alpha value is -2.08. The lowest BCUT2D eigenvalue weighted by Crippen LogP contribution is -2.47. The number of rotatable bonds is 8. The zero-order valence-electron chi connectivity index (χ0n) is 17.3. The van der Waals surface area contributed by atoms with Crippen LogP contribution in [-0.2, 0) is 4.79 Å². The van der Waals surface area contributed by atoms with Gasteiger partial charge in [-0.2, -0.15) is 0 Å². The molecular weight excluding hydrogens is 340 g/mol. The first-order valence-electron chi connectivity index (χ1n) is 9.88. The smallest absolute Gasteiger partial charge is 0.315 e. The third kappa shape index (κ3) is 6.54. The average Bonchev–Trinajstić information content (AvgIpc) is 2.99. The zero-order chi connectivity index (χ0) is 20.0. The molecule has 3 amide bonds. The molecule has 1 aliphatic rings. The van der Waals surface area contributed by atoms with Crippen molar-refractivity contribution in [2.45, 2.75) is 52.1 Å². The van der Waals surface area contributed by atoms with Crippen LogP contribution in [0.3, 0.4) is 0 Å². The molecule has 1 aromatic carbocycles. The van der Waals surface area contributed by atoms with Gasteiger partial charge in [-0.05, 0) is 57.5 Å². The summed E-state index contributed by atoms with van der Waals surface area (Å²) in [6.45, 7) is 7.87. The van der Waals surface area contributed by atoms with Crippen molar-refractivity contribution in [3.63, 3.8) is 0 Å². The quantitative estimate of drug-likeness (QED) is 0.735. The van der Waals surface area contributed by atoms with Gasteiger partial charge in [0.05, 0.1) is 6.04 Å². The fraction of sp³-hybridized carbons (Fsp3) is 0.619. The molecular formula is C21H34N4O2. The Morgan fingerprint density at radius 3 is 2.56 bits per heavy atom. The van der Waals surface area contributed by atoms with Crippen LogP contribution >= 0.6 is 0 Å². The van der Waals surface area contributed by atoms with Gasteiger partial charge < -0.3 is 20.4 Å². The zero-order valence-corrected chi connectivity index (χ0v) is 17.3. The molecule has 0 aromatic heterocycles. The lowest BCUT2D eigenvalue weighted by atomic mass is 10.0. The molecule has 0 bridgehead atoms. The van der Waals surface area contributed by atoms with Crippen molar-refractivity contribution in [1.82, 2.24) is 15.5 Å². The molecule has 150 valence electrons. The van der Waals surface area contributed by atoms with Crippen molar-refractivity contribution < 1.29 is 9.59 Å². The molecule has 1 heterocycles. The van der Waals surface area contributed by atoms with Gasteiger partial charge in [0.15, 0.2) is 0 Å². The van der Waals surface area contributed by atoms with Gasteiger partial charge in [-0.3, -0.25) is 4.79 Å². The number of likely N-dealkylation sites (N-methyl/N-ethyl adjacent to an activating group) is 1. The SMILES string of the molecule is CC(C)CC(CN(C)C)NC(=O)NC(C)c1cccc(N2CCCC2=O)c1. The van der Waals surface area contributed by atoms with Gasteiger partial charge in [0.1, 0.15) is 0 Å². The Kier molecular flexibility index (Phi) is 7.66. The highest BCUT2D eigenvalue weighted by molar-refractivity contribution is 5.95. The predicted molar refractivity (Wildman–Crippen MR) is 110 cm³/mol. The van der Waals surface area contributed by atoms with Gasteiger partial charge in [-0.1, -0.05) is 26.0 Å². The minimum Gasteiger partial charge on any atom is -0.334 e. The fourth-order valence-electron chi connectivity index (χ4n) is 3.58. The molecule has 0 radical (unpaired) electrons. The number of carbonyl (C=O) groups excluding carboxylic acids is 2. The van der Waals surface area contributed by atoms with Gasteiger partial charge in [0, 0.05) is 31.2 Å². The summed E-state index contributed by atoms with van der Waals surface area (Å²) in [5, 5.41) is 6.13. The summed E-state index contributed by atoms with van der Waals surface area (Å²) >= 11 is 0. The summed E-state index contributed by atoms with van der Waals surface area (Å²) in [5.74, 6) is 0.688. The molecule has 1 saturated heterocycles. The fourth-order valence-corrected chi connectivity index (χ4v) is 3.58. The number of anilines is 1. The number of carbonyl (C=O) groups is 2. The molecule has 0 saturated carbocycles. The van der Waals surface area contributed by atoms with Crippen LogP contribution in [-0.4, -0.2) is 50.1 Å². The van der Waals surface area contributed by atoms with E-state index in [2.05, 4.69) is 29.4 Å². The van der Waals surface area contributed by atoms with E-state index >= 15 is 0 Å². The summed E-state index contributed by atoms with van der Waals surface area (Å²) in [6, 6.07) is 7.70. The largest absolute Gasteiger partial charge is 0.334 e.